The summed E-state index contributed by atoms with van der Waals surface area (Å²) in [6.45, 7) is 1.65. The maximum Gasteiger partial charge on any atom is 0.130 e. The Kier molecular flexibility index (Phi) is 7.45. The van der Waals surface area contributed by atoms with Gasteiger partial charge in [0.2, 0.25) is 0 Å². The van der Waals surface area contributed by atoms with Gasteiger partial charge in [-0.1, -0.05) is 62.0 Å². The molecule has 0 aromatic heterocycles. The lowest BCUT2D eigenvalue weighted by molar-refractivity contribution is -0.116. The van der Waals surface area contributed by atoms with Crippen LogP contribution in [0.1, 0.15) is 43.9 Å². The minimum atomic E-state index is 0. The van der Waals surface area contributed by atoms with Crippen LogP contribution < -0.4 is 0 Å². The van der Waals surface area contributed by atoms with Gasteiger partial charge in [0.05, 0.1) is 0 Å². The van der Waals surface area contributed by atoms with Gasteiger partial charge in [0.15, 0.2) is 0 Å². The molecule has 0 aliphatic heterocycles. The van der Waals surface area contributed by atoms with Crippen molar-refractivity contribution in [3.8, 4) is 0 Å². The molecule has 2 rings (SSSR count). The summed E-state index contributed by atoms with van der Waals surface area (Å²) in [5, 5.41) is 0. The fourth-order valence-corrected chi connectivity index (χ4v) is 2.33. The Morgan fingerprint density at radius 2 is 1.24 bits per heavy atom. The zero-order valence-electron chi connectivity index (χ0n) is 12.1. The van der Waals surface area contributed by atoms with Crippen LogP contribution in [0, 0.1) is 0 Å². The number of benzene rings is 2. The maximum atomic E-state index is 11.0. The summed E-state index contributed by atoms with van der Waals surface area (Å²) in [6, 6.07) is 19.3. The van der Waals surface area contributed by atoms with Crippen molar-refractivity contribution in [1.82, 2.24) is 0 Å². The van der Waals surface area contributed by atoms with Crippen LogP contribution in [-0.2, 0) is 24.1 Å². The van der Waals surface area contributed by atoms with Gasteiger partial charge in [-0.25, -0.2) is 0 Å². The van der Waals surface area contributed by atoms with E-state index in [0.717, 1.165) is 19.3 Å². The molecule has 0 saturated carbocycles. The summed E-state index contributed by atoms with van der Waals surface area (Å²) in [7, 11) is 0. The Hall–Kier alpha value is -1.89. The summed E-state index contributed by atoms with van der Waals surface area (Å²) >= 11 is 0. The van der Waals surface area contributed by atoms with E-state index in [-0.39, 0.29) is 13.2 Å². The van der Waals surface area contributed by atoms with Crippen LogP contribution in [0.4, 0.5) is 0 Å². The number of ketones is 1. The third-order valence-electron chi connectivity index (χ3n) is 3.56. The molecule has 21 heavy (non-hydrogen) atoms. The van der Waals surface area contributed by atoms with Gasteiger partial charge in [0.1, 0.15) is 5.78 Å². The van der Waals surface area contributed by atoms with Crippen molar-refractivity contribution >= 4 is 5.78 Å². The second kappa shape index (κ2) is 9.12. The average molecular weight is 282 g/mol. The SMILES string of the molecule is C.CC(=O)CCc1ccc(CCCc2ccccc2)cc1. The van der Waals surface area contributed by atoms with Crippen molar-refractivity contribution in [2.75, 3.05) is 0 Å². The summed E-state index contributed by atoms with van der Waals surface area (Å²) < 4.78 is 0. The number of hydrogen-bond donors (Lipinski definition) is 0. The monoisotopic (exact) mass is 282 g/mol. The van der Waals surface area contributed by atoms with Gasteiger partial charge in [0.25, 0.3) is 0 Å². The van der Waals surface area contributed by atoms with Gasteiger partial charge < -0.3 is 4.79 Å². The number of hydrogen-bond acceptors (Lipinski definition) is 1. The molecule has 0 heterocycles. The molecule has 1 nitrogen and oxygen atoms in total. The van der Waals surface area contributed by atoms with E-state index in [9.17, 15) is 4.79 Å². The molecule has 112 valence electrons. The molecular weight excluding hydrogens is 256 g/mol. The minimum absolute atomic E-state index is 0. The number of aryl methyl sites for hydroxylation is 3. The fraction of sp³-hybridized carbons (Fsp3) is 0.350. The highest BCUT2D eigenvalue weighted by Gasteiger charge is 1.99. The predicted octanol–water partition coefficient (Wildman–Crippen LogP) is 5.02. The summed E-state index contributed by atoms with van der Waals surface area (Å²) in [6.07, 6.45) is 4.93. The highest BCUT2D eigenvalue weighted by atomic mass is 16.1. The van der Waals surface area contributed by atoms with E-state index in [4.69, 9.17) is 0 Å². The second-order valence-electron chi connectivity index (χ2n) is 5.36. The van der Waals surface area contributed by atoms with E-state index in [2.05, 4.69) is 54.6 Å². The first-order chi connectivity index (χ1) is 9.74. The highest BCUT2D eigenvalue weighted by molar-refractivity contribution is 5.75. The lowest BCUT2D eigenvalue weighted by Gasteiger charge is -2.04. The quantitative estimate of drug-likeness (QED) is 0.697. The van der Waals surface area contributed by atoms with Crippen molar-refractivity contribution in [2.24, 2.45) is 0 Å². The fourth-order valence-electron chi connectivity index (χ4n) is 2.33. The molecule has 0 radical (unpaired) electrons. The third-order valence-corrected chi connectivity index (χ3v) is 3.56. The summed E-state index contributed by atoms with van der Waals surface area (Å²) in [5.41, 5.74) is 4.05. The number of Topliss-reactive ketones (excluding diaryl/α,β-unsaturated/α-hetero) is 1. The predicted molar refractivity (Wildman–Crippen MR) is 90.6 cm³/mol. The van der Waals surface area contributed by atoms with E-state index in [1.54, 1.807) is 6.92 Å². The van der Waals surface area contributed by atoms with E-state index in [1.807, 2.05) is 0 Å². The molecule has 0 unspecified atom stereocenters. The van der Waals surface area contributed by atoms with E-state index >= 15 is 0 Å². The molecule has 0 atom stereocenters. The van der Waals surface area contributed by atoms with Gasteiger partial charge >= 0.3 is 0 Å². The van der Waals surface area contributed by atoms with Crippen LogP contribution in [0.15, 0.2) is 54.6 Å². The Morgan fingerprint density at radius 3 is 1.76 bits per heavy atom. The lowest BCUT2D eigenvalue weighted by Crippen LogP contribution is -1.95. The summed E-state index contributed by atoms with van der Waals surface area (Å²) in [5.74, 6) is 0.261. The van der Waals surface area contributed by atoms with Crippen LogP contribution in [0.2, 0.25) is 0 Å². The number of carbonyl (C=O) groups excluding carboxylic acids is 1. The van der Waals surface area contributed by atoms with Gasteiger partial charge in [-0.15, -0.1) is 0 Å². The van der Waals surface area contributed by atoms with Crippen molar-refractivity contribution in [1.29, 1.82) is 0 Å². The Balaban J connectivity index is 0.00000220. The van der Waals surface area contributed by atoms with Crippen LogP contribution in [0.25, 0.3) is 0 Å². The first-order valence-electron chi connectivity index (χ1n) is 7.35. The molecule has 0 amide bonds. The van der Waals surface area contributed by atoms with Gasteiger partial charge in [-0.2, -0.15) is 0 Å². The molecule has 0 spiro atoms. The third kappa shape index (κ3) is 6.40. The Labute approximate surface area is 129 Å². The molecule has 0 aliphatic carbocycles. The highest BCUT2D eigenvalue weighted by Crippen LogP contribution is 2.11. The molecule has 0 fully saturated rings. The minimum Gasteiger partial charge on any atom is -0.300 e. The van der Waals surface area contributed by atoms with Crippen molar-refractivity contribution in [2.45, 2.75) is 46.5 Å². The van der Waals surface area contributed by atoms with E-state index in [1.165, 1.54) is 23.1 Å². The standard InChI is InChI=1S/C19H22O.CH4/c1-16(20)10-11-19-14-12-18(13-15-19)9-5-8-17-6-3-2-4-7-17;/h2-4,6-7,12-15H,5,8-11H2,1H3;1H4. The molecule has 0 N–H and O–H groups in total. The maximum absolute atomic E-state index is 11.0. The molecule has 0 aliphatic rings. The lowest BCUT2D eigenvalue weighted by atomic mass is 10.0. The van der Waals surface area contributed by atoms with Crippen molar-refractivity contribution < 1.29 is 4.79 Å². The Bertz CT molecular complexity index is 526. The van der Waals surface area contributed by atoms with Crippen LogP contribution in [0.5, 0.6) is 0 Å². The largest absolute Gasteiger partial charge is 0.300 e. The molecule has 1 heteroatoms. The average Bonchev–Trinajstić information content (AvgIpc) is 2.47. The van der Waals surface area contributed by atoms with Crippen LogP contribution in [0.3, 0.4) is 0 Å². The molecule has 2 aromatic carbocycles. The normalized spacial score (nSPS) is 9.95. The topological polar surface area (TPSA) is 17.1 Å². The van der Waals surface area contributed by atoms with Crippen LogP contribution >= 0.6 is 0 Å². The van der Waals surface area contributed by atoms with Gasteiger partial charge in [0, 0.05) is 6.42 Å². The number of rotatable bonds is 7. The van der Waals surface area contributed by atoms with Gasteiger partial charge in [-0.05, 0) is 49.3 Å². The molecular formula is C20H26O. The molecule has 0 saturated heterocycles. The molecule has 2 aromatic rings. The first-order valence-corrected chi connectivity index (χ1v) is 7.35. The smallest absolute Gasteiger partial charge is 0.130 e. The van der Waals surface area contributed by atoms with E-state index < -0.39 is 0 Å². The summed E-state index contributed by atoms with van der Waals surface area (Å²) in [4.78, 5) is 11.0. The Morgan fingerprint density at radius 1 is 0.762 bits per heavy atom. The van der Waals surface area contributed by atoms with Crippen molar-refractivity contribution in [3.63, 3.8) is 0 Å². The van der Waals surface area contributed by atoms with E-state index in [0.29, 0.717) is 6.42 Å². The van der Waals surface area contributed by atoms with Gasteiger partial charge in [-0.3, -0.25) is 0 Å². The number of carbonyl (C=O) groups is 1. The second-order valence-corrected chi connectivity index (χ2v) is 5.36. The van der Waals surface area contributed by atoms with Crippen LogP contribution in [-0.4, -0.2) is 5.78 Å². The zero-order valence-corrected chi connectivity index (χ0v) is 12.1. The first kappa shape index (κ1) is 17.2. The molecule has 0 bridgehead atoms. The van der Waals surface area contributed by atoms with Crippen molar-refractivity contribution in [3.05, 3.63) is 71.3 Å². The zero-order chi connectivity index (χ0) is 14.2.